The topological polar surface area (TPSA) is 41.6 Å². The van der Waals surface area contributed by atoms with Crippen LogP contribution in [0.5, 0.6) is 5.75 Å². The third-order valence-corrected chi connectivity index (χ3v) is 4.41. The number of nitrogens with one attached hydrogen (secondary N) is 1. The van der Waals surface area contributed by atoms with Gasteiger partial charge in [0.25, 0.3) is 0 Å². The number of methoxy groups -OCH3 is 1. The summed E-state index contributed by atoms with van der Waals surface area (Å²) >= 11 is 0. The maximum atomic E-state index is 5.37. The van der Waals surface area contributed by atoms with E-state index in [0.29, 0.717) is 6.04 Å². The van der Waals surface area contributed by atoms with Gasteiger partial charge in [-0.2, -0.15) is 0 Å². The van der Waals surface area contributed by atoms with E-state index in [2.05, 4.69) is 52.8 Å². The Kier molecular flexibility index (Phi) is 2.93. The first-order valence-corrected chi connectivity index (χ1v) is 7.43. The van der Waals surface area contributed by atoms with Crippen molar-refractivity contribution < 1.29 is 10.1 Å². The number of rotatable bonds is 2. The lowest BCUT2D eigenvalue weighted by molar-refractivity contribution is -0.690. The Morgan fingerprint density at radius 1 is 1.14 bits per heavy atom. The molecule has 0 saturated carbocycles. The van der Waals surface area contributed by atoms with E-state index in [-0.39, 0.29) is 0 Å². The molecule has 4 rings (SSSR count). The maximum absolute atomic E-state index is 5.37. The summed E-state index contributed by atoms with van der Waals surface area (Å²) in [4.78, 5) is 3.63. The minimum Gasteiger partial charge on any atom is -0.497 e. The molecule has 1 atom stereocenters. The van der Waals surface area contributed by atoms with Gasteiger partial charge >= 0.3 is 0 Å². The lowest BCUT2D eigenvalue weighted by Gasteiger charge is -2.21. The Morgan fingerprint density at radius 2 is 2.05 bits per heavy atom. The SMILES string of the molecule is COc1cccc([C@H]2[NH2+]CCc3c2[nH]c2ccccc32)c1. The highest BCUT2D eigenvalue weighted by atomic mass is 16.5. The number of ether oxygens (including phenoxy) is 1. The summed E-state index contributed by atoms with van der Waals surface area (Å²) in [7, 11) is 1.72. The number of aromatic nitrogens is 1. The van der Waals surface area contributed by atoms with Gasteiger partial charge in [0.15, 0.2) is 6.04 Å². The summed E-state index contributed by atoms with van der Waals surface area (Å²) in [5.41, 5.74) is 5.35. The van der Waals surface area contributed by atoms with E-state index in [9.17, 15) is 0 Å². The fourth-order valence-electron chi connectivity index (χ4n) is 3.41. The average Bonchev–Trinajstić information content (AvgIpc) is 2.93. The van der Waals surface area contributed by atoms with Crippen molar-refractivity contribution >= 4 is 10.9 Å². The second-order valence-electron chi connectivity index (χ2n) is 5.59. The van der Waals surface area contributed by atoms with E-state index in [4.69, 9.17) is 4.74 Å². The summed E-state index contributed by atoms with van der Waals surface area (Å²) in [6, 6.07) is 17.3. The molecule has 0 unspecified atom stereocenters. The van der Waals surface area contributed by atoms with Crippen LogP contribution in [0.4, 0.5) is 0 Å². The van der Waals surface area contributed by atoms with E-state index >= 15 is 0 Å². The van der Waals surface area contributed by atoms with Crippen molar-refractivity contribution in [2.45, 2.75) is 12.5 Å². The van der Waals surface area contributed by atoms with E-state index in [1.54, 1.807) is 7.11 Å². The van der Waals surface area contributed by atoms with Crippen LogP contribution in [-0.2, 0) is 6.42 Å². The molecule has 0 spiro atoms. The first-order valence-electron chi connectivity index (χ1n) is 7.43. The minimum atomic E-state index is 0.330. The van der Waals surface area contributed by atoms with Crippen LogP contribution in [0.3, 0.4) is 0 Å². The first-order chi connectivity index (χ1) is 10.4. The first kappa shape index (κ1) is 12.5. The molecule has 3 N–H and O–H groups in total. The van der Waals surface area contributed by atoms with Crippen LogP contribution in [0.2, 0.25) is 0 Å². The normalized spacial score (nSPS) is 17.7. The zero-order chi connectivity index (χ0) is 14.2. The summed E-state index contributed by atoms with van der Waals surface area (Å²) in [6.45, 7) is 1.12. The molecule has 0 amide bonds. The Labute approximate surface area is 123 Å². The second kappa shape index (κ2) is 4.93. The highest BCUT2D eigenvalue weighted by molar-refractivity contribution is 5.85. The van der Waals surface area contributed by atoms with Crippen LogP contribution in [0.15, 0.2) is 48.5 Å². The van der Waals surface area contributed by atoms with Gasteiger partial charge in [-0.25, -0.2) is 0 Å². The molecule has 21 heavy (non-hydrogen) atoms. The van der Waals surface area contributed by atoms with Crippen molar-refractivity contribution in [3.05, 3.63) is 65.4 Å². The molecule has 1 aliphatic heterocycles. The third-order valence-electron chi connectivity index (χ3n) is 4.41. The van der Waals surface area contributed by atoms with Crippen molar-refractivity contribution in [3.8, 4) is 5.75 Å². The molecule has 2 aromatic carbocycles. The Balaban J connectivity index is 1.86. The van der Waals surface area contributed by atoms with Gasteiger partial charge in [-0.1, -0.05) is 30.3 Å². The van der Waals surface area contributed by atoms with Crippen LogP contribution >= 0.6 is 0 Å². The van der Waals surface area contributed by atoms with Gasteiger partial charge in [0, 0.05) is 22.9 Å². The van der Waals surface area contributed by atoms with Crippen LogP contribution in [0.1, 0.15) is 22.9 Å². The number of H-pyrrole nitrogens is 1. The van der Waals surface area contributed by atoms with Gasteiger partial charge in [0.2, 0.25) is 0 Å². The number of aromatic amines is 1. The smallest absolute Gasteiger partial charge is 0.153 e. The summed E-state index contributed by atoms with van der Waals surface area (Å²) < 4.78 is 5.37. The van der Waals surface area contributed by atoms with Crippen molar-refractivity contribution in [1.82, 2.24) is 4.98 Å². The fourth-order valence-corrected chi connectivity index (χ4v) is 3.41. The Hall–Kier alpha value is -2.26. The molecule has 2 heterocycles. The number of quaternary nitrogens is 1. The molecule has 3 heteroatoms. The quantitative estimate of drug-likeness (QED) is 0.743. The number of nitrogens with two attached hydrogens (primary N) is 1. The van der Waals surface area contributed by atoms with Gasteiger partial charge in [-0.05, 0) is 23.8 Å². The molecular weight excluding hydrogens is 260 g/mol. The molecule has 0 aliphatic carbocycles. The lowest BCUT2D eigenvalue weighted by atomic mass is 9.94. The monoisotopic (exact) mass is 279 g/mol. The largest absolute Gasteiger partial charge is 0.497 e. The fraction of sp³-hybridized carbons (Fsp3) is 0.222. The van der Waals surface area contributed by atoms with Crippen LogP contribution in [0, 0.1) is 0 Å². The molecule has 0 fully saturated rings. The van der Waals surface area contributed by atoms with Crippen LogP contribution < -0.4 is 10.1 Å². The number of para-hydroxylation sites is 1. The van der Waals surface area contributed by atoms with Crippen LogP contribution in [-0.4, -0.2) is 18.6 Å². The molecule has 0 bridgehead atoms. The molecule has 0 radical (unpaired) electrons. The molecule has 1 aliphatic rings. The lowest BCUT2D eigenvalue weighted by Crippen LogP contribution is -2.87. The van der Waals surface area contributed by atoms with Crippen molar-refractivity contribution in [1.29, 1.82) is 0 Å². The van der Waals surface area contributed by atoms with E-state index in [0.717, 1.165) is 18.7 Å². The number of benzene rings is 2. The van der Waals surface area contributed by atoms with Crippen molar-refractivity contribution in [2.24, 2.45) is 0 Å². The van der Waals surface area contributed by atoms with Crippen molar-refractivity contribution in [3.63, 3.8) is 0 Å². The number of fused-ring (bicyclic) bond motifs is 3. The van der Waals surface area contributed by atoms with Crippen molar-refractivity contribution in [2.75, 3.05) is 13.7 Å². The maximum Gasteiger partial charge on any atom is 0.153 e. The summed E-state index contributed by atoms with van der Waals surface area (Å²) in [5.74, 6) is 0.920. The molecule has 106 valence electrons. The second-order valence-corrected chi connectivity index (χ2v) is 5.59. The highest BCUT2D eigenvalue weighted by Gasteiger charge is 2.28. The van der Waals surface area contributed by atoms with E-state index in [1.807, 2.05) is 6.07 Å². The van der Waals surface area contributed by atoms with Gasteiger partial charge in [0.1, 0.15) is 5.75 Å². The third kappa shape index (κ3) is 2.01. The molecule has 1 aromatic heterocycles. The Morgan fingerprint density at radius 3 is 2.95 bits per heavy atom. The minimum absolute atomic E-state index is 0.330. The zero-order valence-corrected chi connectivity index (χ0v) is 12.1. The van der Waals surface area contributed by atoms with Crippen LogP contribution in [0.25, 0.3) is 10.9 Å². The average molecular weight is 279 g/mol. The van der Waals surface area contributed by atoms with E-state index in [1.165, 1.54) is 27.7 Å². The molecular formula is C18H19N2O+. The van der Waals surface area contributed by atoms with Gasteiger partial charge < -0.3 is 15.0 Å². The standard InChI is InChI=1S/C18H18N2O/c1-21-13-6-4-5-12(11-13)17-18-15(9-10-19-17)14-7-2-3-8-16(14)20-18/h2-8,11,17,19-20H,9-10H2,1H3/p+1/t17-/m1/s1. The summed E-state index contributed by atoms with van der Waals surface area (Å²) in [6.07, 6.45) is 1.12. The predicted octanol–water partition coefficient (Wildman–Crippen LogP) is 2.39. The number of hydrogen-bond acceptors (Lipinski definition) is 1. The van der Waals surface area contributed by atoms with Gasteiger partial charge in [0.05, 0.1) is 19.3 Å². The Bertz CT molecular complexity index is 791. The zero-order valence-electron chi connectivity index (χ0n) is 12.1. The highest BCUT2D eigenvalue weighted by Crippen LogP contribution is 2.31. The molecule has 0 saturated heterocycles. The molecule has 3 aromatic rings. The number of hydrogen-bond donors (Lipinski definition) is 2. The van der Waals surface area contributed by atoms with Gasteiger partial charge in [-0.3, -0.25) is 0 Å². The molecule has 3 nitrogen and oxygen atoms in total. The van der Waals surface area contributed by atoms with E-state index < -0.39 is 0 Å². The predicted molar refractivity (Wildman–Crippen MR) is 83.6 cm³/mol. The van der Waals surface area contributed by atoms with Gasteiger partial charge in [-0.15, -0.1) is 0 Å². The summed E-state index contributed by atoms with van der Waals surface area (Å²) in [5, 5.41) is 3.78.